The second-order valence-electron chi connectivity index (χ2n) is 6.01. The molecule has 0 bridgehead atoms. The Bertz CT molecular complexity index is 957. The molecule has 1 heterocycles. The van der Waals surface area contributed by atoms with Gasteiger partial charge in [-0.05, 0) is 30.2 Å². The van der Waals surface area contributed by atoms with Crippen molar-refractivity contribution in [2.75, 3.05) is 0 Å². The smallest absolute Gasteiger partial charge is 0.338 e. The molecule has 0 saturated heterocycles. The van der Waals surface area contributed by atoms with Gasteiger partial charge in [0.2, 0.25) is 5.88 Å². The average molecular weight is 381 g/mol. The number of benzene rings is 2. The summed E-state index contributed by atoms with van der Waals surface area (Å²) in [4.78, 5) is 12.8. The molecule has 1 aliphatic rings. The van der Waals surface area contributed by atoms with Crippen LogP contribution < -0.4 is 5.73 Å². The number of carbonyl (C=O) groups is 1. The molecule has 5 nitrogen and oxygen atoms in total. The summed E-state index contributed by atoms with van der Waals surface area (Å²) in [6.07, 6.45) is 0. The zero-order chi connectivity index (χ0) is 19.4. The topological polar surface area (TPSA) is 85.3 Å². The lowest BCUT2D eigenvalue weighted by Gasteiger charge is -2.27. The largest absolute Gasteiger partial charge is 0.457 e. The fourth-order valence-corrected chi connectivity index (χ4v) is 3.06. The van der Waals surface area contributed by atoms with Crippen molar-refractivity contribution < 1.29 is 14.3 Å². The standard InChI is InChI=1S/C21H17ClN2O3/c1-13-18(21(25)26-12-14-5-3-2-4-6-14)19(17(11-23)20(24)27-13)15-7-9-16(22)10-8-15/h2-10,19H,12,24H2,1H3/t19-/m1/s1. The number of nitriles is 1. The van der Waals surface area contributed by atoms with Gasteiger partial charge in [0.05, 0.1) is 11.5 Å². The lowest BCUT2D eigenvalue weighted by atomic mass is 9.83. The van der Waals surface area contributed by atoms with Gasteiger partial charge in [0, 0.05) is 5.02 Å². The van der Waals surface area contributed by atoms with Crippen LogP contribution in [0.25, 0.3) is 0 Å². The Morgan fingerprint density at radius 3 is 2.52 bits per heavy atom. The van der Waals surface area contributed by atoms with Crippen molar-refractivity contribution in [3.8, 4) is 6.07 Å². The van der Waals surface area contributed by atoms with Crippen LogP contribution in [0.5, 0.6) is 0 Å². The predicted molar refractivity (Wildman–Crippen MR) is 101 cm³/mol. The lowest BCUT2D eigenvalue weighted by Crippen LogP contribution is -2.25. The fourth-order valence-electron chi connectivity index (χ4n) is 2.94. The van der Waals surface area contributed by atoms with Gasteiger partial charge >= 0.3 is 5.97 Å². The summed E-state index contributed by atoms with van der Waals surface area (Å²) in [7, 11) is 0. The maximum atomic E-state index is 12.8. The highest BCUT2D eigenvalue weighted by molar-refractivity contribution is 6.30. The molecule has 0 unspecified atom stereocenters. The highest BCUT2D eigenvalue weighted by Gasteiger charge is 2.36. The first-order valence-corrected chi connectivity index (χ1v) is 8.64. The van der Waals surface area contributed by atoms with E-state index in [0.717, 1.165) is 5.56 Å². The number of nitrogens with two attached hydrogens (primary N) is 1. The molecule has 2 aromatic rings. The molecule has 0 saturated carbocycles. The Kier molecular flexibility index (Phi) is 5.49. The molecule has 0 aliphatic carbocycles. The Morgan fingerprint density at radius 1 is 1.22 bits per heavy atom. The summed E-state index contributed by atoms with van der Waals surface area (Å²) in [6.45, 7) is 1.74. The average Bonchev–Trinajstić information content (AvgIpc) is 2.67. The van der Waals surface area contributed by atoms with Crippen LogP contribution in [0.1, 0.15) is 24.0 Å². The Hall–Kier alpha value is -3.23. The van der Waals surface area contributed by atoms with Crippen molar-refractivity contribution in [2.24, 2.45) is 5.73 Å². The number of hydrogen-bond acceptors (Lipinski definition) is 5. The summed E-state index contributed by atoms with van der Waals surface area (Å²) in [5, 5.41) is 10.1. The summed E-state index contributed by atoms with van der Waals surface area (Å²) < 4.78 is 10.9. The van der Waals surface area contributed by atoms with Crippen LogP contribution in [-0.2, 0) is 20.9 Å². The first-order valence-electron chi connectivity index (χ1n) is 8.26. The molecule has 0 spiro atoms. The molecule has 1 aliphatic heterocycles. The number of carbonyl (C=O) groups excluding carboxylic acids is 1. The quantitative estimate of drug-likeness (QED) is 0.805. The minimum Gasteiger partial charge on any atom is -0.457 e. The number of esters is 1. The van der Waals surface area contributed by atoms with Gasteiger partial charge in [0.15, 0.2) is 0 Å². The van der Waals surface area contributed by atoms with Crippen LogP contribution in [0.2, 0.25) is 5.02 Å². The van der Waals surface area contributed by atoms with Crippen LogP contribution in [0, 0.1) is 11.3 Å². The predicted octanol–water partition coefficient (Wildman–Crippen LogP) is 4.17. The molecule has 0 radical (unpaired) electrons. The Balaban J connectivity index is 1.94. The van der Waals surface area contributed by atoms with E-state index in [0.29, 0.717) is 16.3 Å². The molecule has 2 N–H and O–H groups in total. The van der Waals surface area contributed by atoms with Gasteiger partial charge in [-0.2, -0.15) is 5.26 Å². The normalized spacial score (nSPS) is 16.6. The molecule has 6 heteroatoms. The molecule has 0 amide bonds. The van der Waals surface area contributed by atoms with E-state index in [2.05, 4.69) is 6.07 Å². The van der Waals surface area contributed by atoms with Gasteiger partial charge in [-0.1, -0.05) is 54.1 Å². The van der Waals surface area contributed by atoms with Gasteiger partial charge in [0.1, 0.15) is 24.0 Å². The van der Waals surface area contributed by atoms with Crippen LogP contribution in [0.3, 0.4) is 0 Å². The summed E-state index contributed by atoms with van der Waals surface area (Å²) in [5.74, 6) is -0.945. The minimum absolute atomic E-state index is 0.0189. The van der Waals surface area contributed by atoms with Crippen LogP contribution >= 0.6 is 11.6 Å². The van der Waals surface area contributed by atoms with Crippen LogP contribution in [0.4, 0.5) is 0 Å². The molecular weight excluding hydrogens is 364 g/mol. The zero-order valence-electron chi connectivity index (χ0n) is 14.6. The van der Waals surface area contributed by atoms with Crippen molar-refractivity contribution in [1.82, 2.24) is 0 Å². The highest BCUT2D eigenvalue weighted by Crippen LogP contribution is 2.39. The number of ether oxygens (including phenoxy) is 2. The number of rotatable bonds is 4. The maximum absolute atomic E-state index is 12.8. The Labute approximate surface area is 162 Å². The molecule has 1 atom stereocenters. The van der Waals surface area contributed by atoms with E-state index in [1.165, 1.54) is 0 Å². The third-order valence-electron chi connectivity index (χ3n) is 4.24. The first-order chi connectivity index (χ1) is 13.0. The Morgan fingerprint density at radius 2 is 1.89 bits per heavy atom. The molecule has 136 valence electrons. The minimum atomic E-state index is -0.677. The van der Waals surface area contributed by atoms with Gasteiger partial charge in [-0.25, -0.2) is 4.79 Å². The van der Waals surface area contributed by atoms with E-state index >= 15 is 0 Å². The van der Waals surface area contributed by atoms with Gasteiger partial charge in [0.25, 0.3) is 0 Å². The third-order valence-corrected chi connectivity index (χ3v) is 4.49. The molecule has 2 aromatic carbocycles. The van der Waals surface area contributed by atoms with Crippen LogP contribution in [0.15, 0.2) is 77.4 Å². The second kappa shape index (κ2) is 7.98. The fraction of sp³-hybridized carbons (Fsp3) is 0.143. The van der Waals surface area contributed by atoms with E-state index in [-0.39, 0.29) is 23.6 Å². The van der Waals surface area contributed by atoms with Crippen molar-refractivity contribution >= 4 is 17.6 Å². The number of allylic oxidation sites excluding steroid dienone is 2. The lowest BCUT2D eigenvalue weighted by molar-refractivity contribution is -0.140. The van der Waals surface area contributed by atoms with E-state index in [9.17, 15) is 10.1 Å². The highest BCUT2D eigenvalue weighted by atomic mass is 35.5. The molecule has 3 rings (SSSR count). The van der Waals surface area contributed by atoms with Crippen LogP contribution in [-0.4, -0.2) is 5.97 Å². The van der Waals surface area contributed by atoms with E-state index in [4.69, 9.17) is 26.8 Å². The molecule has 27 heavy (non-hydrogen) atoms. The summed E-state index contributed by atoms with van der Waals surface area (Å²) >= 11 is 5.96. The second-order valence-corrected chi connectivity index (χ2v) is 6.44. The maximum Gasteiger partial charge on any atom is 0.338 e. The number of halogens is 1. The van der Waals surface area contributed by atoms with Crippen molar-refractivity contribution in [1.29, 1.82) is 5.26 Å². The third kappa shape index (κ3) is 3.97. The number of hydrogen-bond donors (Lipinski definition) is 1. The summed E-state index contributed by atoms with van der Waals surface area (Å²) in [6, 6.07) is 18.3. The van der Waals surface area contributed by atoms with E-state index in [1.807, 2.05) is 30.3 Å². The van der Waals surface area contributed by atoms with Gasteiger partial charge in [-0.3, -0.25) is 0 Å². The van der Waals surface area contributed by atoms with Crippen molar-refractivity contribution in [3.05, 3.63) is 93.5 Å². The molecule has 0 fully saturated rings. The monoisotopic (exact) mass is 380 g/mol. The molecular formula is C21H17ClN2O3. The first kappa shape index (κ1) is 18.6. The SMILES string of the molecule is CC1=C(C(=O)OCc2ccccc2)[C@H](c2ccc(Cl)cc2)C(C#N)=C(N)O1. The molecule has 0 aromatic heterocycles. The number of nitrogens with zero attached hydrogens (tertiary/aromatic N) is 1. The van der Waals surface area contributed by atoms with Crippen molar-refractivity contribution in [2.45, 2.75) is 19.4 Å². The van der Waals surface area contributed by atoms with Crippen molar-refractivity contribution in [3.63, 3.8) is 0 Å². The van der Waals surface area contributed by atoms with E-state index in [1.54, 1.807) is 31.2 Å². The van der Waals surface area contributed by atoms with E-state index < -0.39 is 11.9 Å². The van der Waals surface area contributed by atoms with Gasteiger partial charge in [-0.15, -0.1) is 0 Å². The van der Waals surface area contributed by atoms with Gasteiger partial charge < -0.3 is 15.2 Å². The zero-order valence-corrected chi connectivity index (χ0v) is 15.4. The summed E-state index contributed by atoms with van der Waals surface area (Å²) in [5.41, 5.74) is 7.86.